The third-order valence-corrected chi connectivity index (χ3v) is 3.09. The molecule has 2 aromatic heterocycles. The van der Waals surface area contributed by atoms with E-state index in [0.29, 0.717) is 4.83 Å². The minimum atomic E-state index is -0.535. The number of nitrogens with zero attached hydrogens (tertiary/aromatic N) is 3. The van der Waals surface area contributed by atoms with E-state index in [1.807, 2.05) is 27.7 Å². The summed E-state index contributed by atoms with van der Waals surface area (Å²) in [6.45, 7) is 7.27. The van der Waals surface area contributed by atoms with E-state index in [9.17, 15) is 9.59 Å². The molecule has 86 valence electrons. The fourth-order valence-corrected chi connectivity index (χ4v) is 2.40. The molecule has 16 heavy (non-hydrogen) atoms. The highest BCUT2D eigenvalue weighted by Gasteiger charge is 2.20. The lowest BCUT2D eigenvalue weighted by Crippen LogP contribution is -2.45. The predicted octanol–water partition coefficient (Wildman–Crippen LogP) is 0.981. The van der Waals surface area contributed by atoms with Crippen LogP contribution >= 0.6 is 11.3 Å². The van der Waals surface area contributed by atoms with E-state index < -0.39 is 5.54 Å². The molecule has 0 atom stereocenters. The Kier molecular flexibility index (Phi) is 2.27. The Hall–Kier alpha value is -1.43. The lowest BCUT2D eigenvalue weighted by molar-refractivity contribution is 0.362. The summed E-state index contributed by atoms with van der Waals surface area (Å²) in [6, 6.07) is 1.46. The van der Waals surface area contributed by atoms with Gasteiger partial charge in [-0.3, -0.25) is 9.36 Å². The number of hydrogen-bond acceptors (Lipinski definition) is 4. The predicted molar refractivity (Wildman–Crippen MR) is 63.3 cm³/mol. The Morgan fingerprint density at radius 2 is 1.94 bits per heavy atom. The number of aromatic nitrogens is 3. The topological polar surface area (TPSA) is 56.4 Å². The smallest absolute Gasteiger partial charge is 0.269 e. The van der Waals surface area contributed by atoms with Gasteiger partial charge in [-0.2, -0.15) is 9.61 Å². The van der Waals surface area contributed by atoms with Crippen molar-refractivity contribution in [3.05, 3.63) is 31.9 Å². The van der Waals surface area contributed by atoms with Gasteiger partial charge in [0.1, 0.15) is 9.84 Å². The van der Waals surface area contributed by atoms with Gasteiger partial charge >= 0.3 is 5.69 Å². The Labute approximate surface area is 96.0 Å². The van der Waals surface area contributed by atoms with Crippen molar-refractivity contribution in [2.24, 2.45) is 0 Å². The van der Waals surface area contributed by atoms with Gasteiger partial charge in [-0.25, -0.2) is 4.79 Å². The Morgan fingerprint density at radius 1 is 1.31 bits per heavy atom. The second-order valence-corrected chi connectivity index (χ2v) is 5.86. The van der Waals surface area contributed by atoms with Crippen LogP contribution in [0.15, 0.2) is 15.7 Å². The first-order chi connectivity index (χ1) is 7.30. The lowest BCUT2D eigenvalue weighted by atomic mass is 10.1. The minimum absolute atomic E-state index is 0.277. The zero-order chi connectivity index (χ0) is 12.1. The van der Waals surface area contributed by atoms with Gasteiger partial charge in [0.05, 0.1) is 0 Å². The van der Waals surface area contributed by atoms with Gasteiger partial charge in [0, 0.05) is 11.6 Å². The molecule has 0 fully saturated rings. The number of aryl methyl sites for hydroxylation is 1. The van der Waals surface area contributed by atoms with Crippen molar-refractivity contribution < 1.29 is 0 Å². The van der Waals surface area contributed by atoms with Crippen molar-refractivity contribution >= 4 is 16.2 Å². The van der Waals surface area contributed by atoms with E-state index in [4.69, 9.17) is 0 Å². The molecule has 0 radical (unpaired) electrons. The summed E-state index contributed by atoms with van der Waals surface area (Å²) in [7, 11) is 0. The van der Waals surface area contributed by atoms with Gasteiger partial charge in [0.25, 0.3) is 5.56 Å². The molecular weight excluding hydrogens is 226 g/mol. The van der Waals surface area contributed by atoms with E-state index in [1.54, 1.807) is 0 Å². The summed E-state index contributed by atoms with van der Waals surface area (Å²) < 4.78 is 2.51. The fourth-order valence-electron chi connectivity index (χ4n) is 1.61. The first kappa shape index (κ1) is 11.1. The van der Waals surface area contributed by atoms with Crippen LogP contribution in [-0.2, 0) is 5.54 Å². The molecule has 6 heteroatoms. The van der Waals surface area contributed by atoms with E-state index in [-0.39, 0.29) is 11.2 Å². The monoisotopic (exact) mass is 239 g/mol. The molecular formula is C10H13N3O2S. The van der Waals surface area contributed by atoms with E-state index in [1.165, 1.54) is 26.5 Å². The highest BCUT2D eigenvalue weighted by atomic mass is 32.1. The number of rotatable bonds is 0. The lowest BCUT2D eigenvalue weighted by Gasteiger charge is -2.20. The minimum Gasteiger partial charge on any atom is -0.269 e. The maximum absolute atomic E-state index is 12.1. The molecule has 2 rings (SSSR count). The van der Waals surface area contributed by atoms with Crippen molar-refractivity contribution in [2.45, 2.75) is 33.2 Å². The highest BCUT2D eigenvalue weighted by Crippen LogP contribution is 2.12. The zero-order valence-corrected chi connectivity index (χ0v) is 10.5. The molecule has 0 N–H and O–H groups in total. The standard InChI is InChI=1S/C10H13N3O2S/c1-6-11-13-8(16-6)5-7(14)12(9(13)15)10(2,3)4/h5H,1-4H3. The molecule has 0 aromatic carbocycles. The van der Waals surface area contributed by atoms with Crippen molar-refractivity contribution in [3.8, 4) is 0 Å². The first-order valence-corrected chi connectivity index (χ1v) is 5.75. The van der Waals surface area contributed by atoms with E-state index >= 15 is 0 Å². The van der Waals surface area contributed by atoms with Gasteiger partial charge in [0.2, 0.25) is 0 Å². The van der Waals surface area contributed by atoms with Crippen LogP contribution in [0.4, 0.5) is 0 Å². The molecule has 0 aliphatic heterocycles. The quantitative estimate of drug-likeness (QED) is 0.688. The number of hydrogen-bond donors (Lipinski definition) is 0. The van der Waals surface area contributed by atoms with Crippen molar-refractivity contribution in [1.29, 1.82) is 0 Å². The first-order valence-electron chi connectivity index (χ1n) is 4.94. The maximum atomic E-state index is 12.1. The molecule has 2 heterocycles. The Bertz CT molecular complexity index is 657. The molecule has 5 nitrogen and oxygen atoms in total. The van der Waals surface area contributed by atoms with Crippen LogP contribution in [0, 0.1) is 6.92 Å². The van der Waals surface area contributed by atoms with Crippen molar-refractivity contribution in [2.75, 3.05) is 0 Å². The molecule has 0 saturated heterocycles. The molecule has 2 aromatic rings. The van der Waals surface area contributed by atoms with Gasteiger partial charge in [-0.15, -0.1) is 0 Å². The summed E-state index contributed by atoms with van der Waals surface area (Å²) >= 11 is 1.34. The van der Waals surface area contributed by atoms with Crippen LogP contribution in [0.1, 0.15) is 25.8 Å². The van der Waals surface area contributed by atoms with E-state index in [2.05, 4.69) is 5.10 Å². The van der Waals surface area contributed by atoms with Gasteiger partial charge in [-0.1, -0.05) is 11.3 Å². The van der Waals surface area contributed by atoms with Crippen LogP contribution in [-0.4, -0.2) is 14.2 Å². The average molecular weight is 239 g/mol. The van der Waals surface area contributed by atoms with Crippen molar-refractivity contribution in [1.82, 2.24) is 14.2 Å². The largest absolute Gasteiger partial charge is 0.353 e. The Morgan fingerprint density at radius 3 is 2.50 bits per heavy atom. The summed E-state index contributed by atoms with van der Waals surface area (Å²) in [6.07, 6.45) is 0. The fraction of sp³-hybridized carbons (Fsp3) is 0.500. The molecule has 0 unspecified atom stereocenters. The third kappa shape index (κ3) is 1.59. The normalized spacial score (nSPS) is 12.2. The third-order valence-electron chi connectivity index (χ3n) is 2.21. The average Bonchev–Trinajstić information content (AvgIpc) is 2.43. The highest BCUT2D eigenvalue weighted by molar-refractivity contribution is 7.17. The van der Waals surface area contributed by atoms with Gasteiger partial charge in [-0.05, 0) is 27.7 Å². The summed E-state index contributed by atoms with van der Waals surface area (Å²) in [5, 5.41) is 4.86. The summed E-state index contributed by atoms with van der Waals surface area (Å²) in [5.41, 5.74) is -1.19. The van der Waals surface area contributed by atoms with Crippen molar-refractivity contribution in [3.63, 3.8) is 0 Å². The molecule has 0 amide bonds. The van der Waals surface area contributed by atoms with Crippen LogP contribution in [0.25, 0.3) is 4.83 Å². The van der Waals surface area contributed by atoms with Gasteiger partial charge in [0.15, 0.2) is 0 Å². The van der Waals surface area contributed by atoms with Crippen LogP contribution in [0.5, 0.6) is 0 Å². The van der Waals surface area contributed by atoms with Crippen LogP contribution in [0.2, 0.25) is 0 Å². The Balaban J connectivity index is 2.97. The van der Waals surface area contributed by atoms with Crippen LogP contribution in [0.3, 0.4) is 0 Å². The SMILES string of the molecule is Cc1nn2c(=O)n(C(C)(C)C)c(=O)cc2s1. The van der Waals surface area contributed by atoms with Crippen LogP contribution < -0.4 is 11.2 Å². The summed E-state index contributed by atoms with van der Waals surface area (Å²) in [4.78, 5) is 24.5. The van der Waals surface area contributed by atoms with E-state index in [0.717, 1.165) is 5.01 Å². The molecule has 0 bridgehead atoms. The molecule has 0 aliphatic rings. The molecule has 0 spiro atoms. The second-order valence-electron chi connectivity index (χ2n) is 4.64. The summed E-state index contributed by atoms with van der Waals surface area (Å²) in [5.74, 6) is 0. The molecule has 0 saturated carbocycles. The second kappa shape index (κ2) is 3.28. The van der Waals surface area contributed by atoms with Gasteiger partial charge < -0.3 is 0 Å². The zero-order valence-electron chi connectivity index (χ0n) is 9.64. The maximum Gasteiger partial charge on any atom is 0.353 e. The molecule has 0 aliphatic carbocycles. The number of fused-ring (bicyclic) bond motifs is 1.